The summed E-state index contributed by atoms with van der Waals surface area (Å²) in [5.74, 6) is 0.160. The van der Waals surface area contributed by atoms with Crippen molar-refractivity contribution in [1.29, 1.82) is 5.26 Å². The third-order valence-electron chi connectivity index (χ3n) is 2.73. The van der Waals surface area contributed by atoms with Gasteiger partial charge >= 0.3 is 0 Å². The molecule has 0 atom stereocenters. The molecule has 0 bridgehead atoms. The van der Waals surface area contributed by atoms with Gasteiger partial charge in [0, 0.05) is 11.8 Å². The monoisotopic (exact) mass is 283 g/mol. The maximum absolute atomic E-state index is 11.7. The first-order valence-electron chi connectivity index (χ1n) is 6.20. The quantitative estimate of drug-likeness (QED) is 0.890. The number of nitrogens with zero attached hydrogens (tertiary/aromatic N) is 1. The van der Waals surface area contributed by atoms with Crippen LogP contribution in [0, 0.1) is 18.3 Å². The summed E-state index contributed by atoms with van der Waals surface area (Å²) in [5, 5.41) is 11.3. The largest absolute Gasteiger partial charge is 0.484 e. The van der Waals surface area contributed by atoms with E-state index in [-0.39, 0.29) is 18.1 Å². The molecule has 21 heavy (non-hydrogen) atoms. The number of benzene rings is 1. The van der Waals surface area contributed by atoms with Gasteiger partial charge in [-0.2, -0.15) is 5.26 Å². The molecule has 0 aliphatic carbocycles. The maximum atomic E-state index is 11.7. The fourth-order valence-electron chi connectivity index (χ4n) is 1.64. The predicted octanol–water partition coefficient (Wildman–Crippen LogP) is 1.57. The Hall–Kier alpha value is -3.07. The van der Waals surface area contributed by atoms with Gasteiger partial charge in [-0.3, -0.25) is 9.59 Å². The molecule has 0 saturated carbocycles. The van der Waals surface area contributed by atoms with Crippen LogP contribution in [0.4, 0.5) is 5.69 Å². The number of amides is 1. The number of carbonyl (C=O) groups is 1. The van der Waals surface area contributed by atoms with E-state index in [1.54, 1.807) is 37.3 Å². The van der Waals surface area contributed by atoms with Gasteiger partial charge in [0.05, 0.1) is 17.3 Å². The van der Waals surface area contributed by atoms with Crippen molar-refractivity contribution >= 4 is 11.6 Å². The lowest BCUT2D eigenvalue weighted by molar-refractivity contribution is -0.118. The van der Waals surface area contributed by atoms with Gasteiger partial charge in [-0.25, -0.2) is 0 Å². The first kappa shape index (κ1) is 14.3. The van der Waals surface area contributed by atoms with Crippen LogP contribution in [0.5, 0.6) is 5.75 Å². The fourth-order valence-corrected chi connectivity index (χ4v) is 1.64. The van der Waals surface area contributed by atoms with Gasteiger partial charge in [0.1, 0.15) is 5.75 Å². The molecule has 0 aliphatic rings. The van der Waals surface area contributed by atoms with E-state index in [4.69, 9.17) is 10.00 Å². The third kappa shape index (κ3) is 3.94. The van der Waals surface area contributed by atoms with Crippen molar-refractivity contribution in [3.8, 4) is 11.8 Å². The number of H-pyrrole nitrogens is 1. The fraction of sp³-hybridized carbons (Fsp3) is 0.133. The van der Waals surface area contributed by atoms with Crippen LogP contribution >= 0.6 is 0 Å². The molecule has 0 fully saturated rings. The van der Waals surface area contributed by atoms with E-state index in [2.05, 4.69) is 10.3 Å². The average molecular weight is 283 g/mol. The van der Waals surface area contributed by atoms with E-state index in [1.165, 1.54) is 6.20 Å². The highest BCUT2D eigenvalue weighted by Crippen LogP contribution is 2.11. The zero-order chi connectivity index (χ0) is 15.2. The summed E-state index contributed by atoms with van der Waals surface area (Å²) in [7, 11) is 0. The Kier molecular flexibility index (Phi) is 4.36. The summed E-state index contributed by atoms with van der Waals surface area (Å²) in [4.78, 5) is 25.4. The number of pyridine rings is 1. The highest BCUT2D eigenvalue weighted by molar-refractivity contribution is 5.91. The molecule has 0 radical (unpaired) electrons. The summed E-state index contributed by atoms with van der Waals surface area (Å²) in [6.45, 7) is 1.49. The van der Waals surface area contributed by atoms with Crippen molar-refractivity contribution in [3.63, 3.8) is 0 Å². The van der Waals surface area contributed by atoms with Crippen LogP contribution in [0.25, 0.3) is 0 Å². The molecule has 2 aromatic rings. The van der Waals surface area contributed by atoms with Crippen molar-refractivity contribution in [3.05, 3.63) is 58.0 Å². The lowest BCUT2D eigenvalue weighted by Crippen LogP contribution is -2.21. The zero-order valence-corrected chi connectivity index (χ0v) is 11.3. The predicted molar refractivity (Wildman–Crippen MR) is 77.1 cm³/mol. The number of aryl methyl sites for hydroxylation is 1. The minimum absolute atomic E-state index is 0.163. The van der Waals surface area contributed by atoms with Crippen molar-refractivity contribution < 1.29 is 9.53 Å². The smallest absolute Gasteiger partial charge is 0.262 e. The first-order chi connectivity index (χ1) is 10.1. The molecule has 1 heterocycles. The lowest BCUT2D eigenvalue weighted by Gasteiger charge is -2.07. The molecule has 1 aromatic heterocycles. The second-order valence-electron chi connectivity index (χ2n) is 4.37. The molecule has 0 saturated heterocycles. The van der Waals surface area contributed by atoms with Crippen LogP contribution in [0.1, 0.15) is 11.1 Å². The second-order valence-corrected chi connectivity index (χ2v) is 4.37. The molecule has 106 valence electrons. The van der Waals surface area contributed by atoms with Gasteiger partial charge in [-0.05, 0) is 37.3 Å². The summed E-state index contributed by atoms with van der Waals surface area (Å²) in [6.07, 6.45) is 1.43. The molecule has 0 aliphatic heterocycles. The Labute approximate surface area is 121 Å². The van der Waals surface area contributed by atoms with Crippen LogP contribution in [0.3, 0.4) is 0 Å². The van der Waals surface area contributed by atoms with Gasteiger partial charge < -0.3 is 15.0 Å². The van der Waals surface area contributed by atoms with Crippen molar-refractivity contribution in [2.45, 2.75) is 6.92 Å². The van der Waals surface area contributed by atoms with Crippen LogP contribution in [-0.2, 0) is 4.79 Å². The molecule has 0 unspecified atom stereocenters. The van der Waals surface area contributed by atoms with E-state index < -0.39 is 0 Å². The third-order valence-corrected chi connectivity index (χ3v) is 2.73. The Morgan fingerprint density at radius 3 is 2.71 bits per heavy atom. The molecule has 0 spiro atoms. The van der Waals surface area contributed by atoms with E-state index in [9.17, 15) is 9.59 Å². The van der Waals surface area contributed by atoms with Gasteiger partial charge in [-0.1, -0.05) is 0 Å². The summed E-state index contributed by atoms with van der Waals surface area (Å²) >= 11 is 0. The number of nitrogens with one attached hydrogen (secondary N) is 2. The van der Waals surface area contributed by atoms with E-state index >= 15 is 0 Å². The SMILES string of the molecule is Cc1cc(NC(=O)COc2ccc(C#N)cc2)c[nH]c1=O. The molecule has 2 N–H and O–H groups in total. The molecule has 6 nitrogen and oxygen atoms in total. The molecule has 1 amide bonds. The lowest BCUT2D eigenvalue weighted by atomic mass is 10.2. The summed E-state index contributed by atoms with van der Waals surface area (Å²) < 4.78 is 5.30. The van der Waals surface area contributed by atoms with Crippen LogP contribution in [0.15, 0.2) is 41.3 Å². The van der Waals surface area contributed by atoms with Gasteiger partial charge in [0.25, 0.3) is 11.5 Å². The second kappa shape index (κ2) is 6.39. The number of aromatic amines is 1. The first-order valence-corrected chi connectivity index (χ1v) is 6.20. The summed E-state index contributed by atoms with van der Waals surface area (Å²) in [5.41, 5.74) is 1.35. The Bertz CT molecular complexity index is 742. The number of carbonyl (C=O) groups excluding carboxylic acids is 1. The van der Waals surface area contributed by atoms with E-state index in [0.717, 1.165) is 0 Å². The molecule has 1 aromatic carbocycles. The minimum atomic E-state index is -0.342. The van der Waals surface area contributed by atoms with Crippen LogP contribution < -0.4 is 15.6 Å². The Balaban J connectivity index is 1.91. The minimum Gasteiger partial charge on any atom is -0.484 e. The number of anilines is 1. The molecular weight excluding hydrogens is 270 g/mol. The van der Waals surface area contributed by atoms with Crippen molar-refractivity contribution in [1.82, 2.24) is 4.98 Å². The topological polar surface area (TPSA) is 95.0 Å². The van der Waals surface area contributed by atoms with E-state index in [0.29, 0.717) is 22.6 Å². The number of rotatable bonds is 4. The average Bonchev–Trinajstić information content (AvgIpc) is 2.49. The number of aromatic nitrogens is 1. The number of nitriles is 1. The number of hydrogen-bond donors (Lipinski definition) is 2. The van der Waals surface area contributed by atoms with E-state index in [1.807, 2.05) is 6.07 Å². The molecule has 6 heteroatoms. The van der Waals surface area contributed by atoms with Crippen LogP contribution in [-0.4, -0.2) is 17.5 Å². The molecule has 2 rings (SSSR count). The number of ether oxygens (including phenoxy) is 1. The highest BCUT2D eigenvalue weighted by Gasteiger charge is 2.05. The van der Waals surface area contributed by atoms with Crippen molar-refractivity contribution in [2.75, 3.05) is 11.9 Å². The Morgan fingerprint density at radius 2 is 2.10 bits per heavy atom. The summed E-state index contributed by atoms with van der Waals surface area (Å²) in [6, 6.07) is 10.0. The highest BCUT2D eigenvalue weighted by atomic mass is 16.5. The Morgan fingerprint density at radius 1 is 1.38 bits per heavy atom. The van der Waals surface area contributed by atoms with Gasteiger partial charge in [-0.15, -0.1) is 0 Å². The standard InChI is InChI=1S/C15H13N3O3/c1-10-6-12(8-17-15(10)20)18-14(19)9-21-13-4-2-11(7-16)3-5-13/h2-6,8H,9H2,1H3,(H,17,20)(H,18,19). The van der Waals surface area contributed by atoms with Crippen LogP contribution in [0.2, 0.25) is 0 Å². The van der Waals surface area contributed by atoms with Crippen molar-refractivity contribution in [2.24, 2.45) is 0 Å². The van der Waals surface area contributed by atoms with Gasteiger partial charge in [0.15, 0.2) is 6.61 Å². The normalized spacial score (nSPS) is 9.71. The van der Waals surface area contributed by atoms with Gasteiger partial charge in [0.2, 0.25) is 0 Å². The zero-order valence-electron chi connectivity index (χ0n) is 11.3. The maximum Gasteiger partial charge on any atom is 0.262 e. The number of hydrogen-bond acceptors (Lipinski definition) is 4. The molecular formula is C15H13N3O3.